The van der Waals surface area contributed by atoms with Gasteiger partial charge in [-0.3, -0.25) is 4.79 Å². The third-order valence-corrected chi connectivity index (χ3v) is 3.18. The summed E-state index contributed by atoms with van der Waals surface area (Å²) in [4.78, 5) is 13.5. The molecule has 0 aromatic heterocycles. The summed E-state index contributed by atoms with van der Waals surface area (Å²) in [6, 6.07) is 4.56. The quantitative estimate of drug-likeness (QED) is 0.856. The maximum Gasteiger partial charge on any atom is 0.256 e. The number of hydrogen-bond donors (Lipinski definition) is 0. The minimum absolute atomic E-state index is 0.0600. The summed E-state index contributed by atoms with van der Waals surface area (Å²) in [6.07, 6.45) is 0. The number of carbonyl (C=O) groups excluding carboxylic acids is 1. The average molecular weight is 304 g/mol. The number of carbonyl (C=O) groups is 1. The number of nitrogens with zero attached hydrogens (tertiary/aromatic N) is 1. The summed E-state index contributed by atoms with van der Waals surface area (Å²) < 4.78 is 19.0. The molecule has 94 valence electrons. The first kappa shape index (κ1) is 14.1. The predicted molar refractivity (Wildman–Crippen MR) is 67.5 cm³/mol. The van der Waals surface area contributed by atoms with Gasteiger partial charge >= 0.3 is 0 Å². The fraction of sp³-hybridized carbons (Fsp3) is 0.417. The molecule has 0 aliphatic carbocycles. The highest BCUT2D eigenvalue weighted by atomic mass is 79.9. The summed E-state index contributed by atoms with van der Waals surface area (Å²) in [6.45, 7) is 2.26. The summed E-state index contributed by atoms with van der Waals surface area (Å²) in [5.41, 5.74) is 0.0600. The number of halogens is 2. The SMILES string of the molecule is COCC(C)N(C)C(=O)c1cccc(Br)c1F. The van der Waals surface area contributed by atoms with Gasteiger partial charge in [-0.2, -0.15) is 0 Å². The van der Waals surface area contributed by atoms with E-state index in [-0.39, 0.29) is 22.0 Å². The van der Waals surface area contributed by atoms with E-state index in [1.807, 2.05) is 6.92 Å². The van der Waals surface area contributed by atoms with Crippen LogP contribution in [-0.4, -0.2) is 37.6 Å². The Balaban J connectivity index is 2.93. The summed E-state index contributed by atoms with van der Waals surface area (Å²) in [5.74, 6) is -0.887. The first-order chi connectivity index (χ1) is 7.99. The highest BCUT2D eigenvalue weighted by Crippen LogP contribution is 2.20. The van der Waals surface area contributed by atoms with E-state index in [1.54, 1.807) is 26.3 Å². The van der Waals surface area contributed by atoms with Crippen LogP contribution in [-0.2, 0) is 4.74 Å². The predicted octanol–water partition coefficient (Wildman–Crippen LogP) is 2.70. The molecule has 1 aromatic carbocycles. The van der Waals surface area contributed by atoms with Gasteiger partial charge in [0, 0.05) is 14.2 Å². The highest BCUT2D eigenvalue weighted by Gasteiger charge is 2.21. The Kier molecular flexibility index (Phi) is 5.08. The molecule has 0 saturated heterocycles. The molecule has 0 saturated carbocycles. The standard InChI is InChI=1S/C12H15BrFNO2/c1-8(7-17-3)15(2)12(16)9-5-4-6-10(13)11(9)14/h4-6,8H,7H2,1-3H3. The van der Waals surface area contributed by atoms with E-state index in [4.69, 9.17) is 4.74 Å². The molecule has 0 fully saturated rings. The normalized spacial score (nSPS) is 12.3. The van der Waals surface area contributed by atoms with Crippen molar-refractivity contribution < 1.29 is 13.9 Å². The molecule has 3 nitrogen and oxygen atoms in total. The van der Waals surface area contributed by atoms with Gasteiger partial charge in [-0.25, -0.2) is 4.39 Å². The zero-order chi connectivity index (χ0) is 13.0. The highest BCUT2D eigenvalue weighted by molar-refractivity contribution is 9.10. The zero-order valence-electron chi connectivity index (χ0n) is 10.0. The average Bonchev–Trinajstić information content (AvgIpc) is 2.31. The molecule has 5 heteroatoms. The Labute approximate surface area is 109 Å². The first-order valence-corrected chi connectivity index (χ1v) is 5.98. The van der Waals surface area contributed by atoms with Gasteiger partial charge in [-0.1, -0.05) is 6.07 Å². The fourth-order valence-corrected chi connectivity index (χ4v) is 1.78. The van der Waals surface area contributed by atoms with Gasteiger partial charge in [0.25, 0.3) is 5.91 Å². The Morgan fingerprint density at radius 1 is 1.59 bits per heavy atom. The number of likely N-dealkylation sites (N-methyl/N-ethyl adjacent to an activating group) is 1. The van der Waals surface area contributed by atoms with Gasteiger partial charge in [0.15, 0.2) is 0 Å². The molecule has 0 aliphatic heterocycles. The van der Waals surface area contributed by atoms with Crippen molar-refractivity contribution in [2.45, 2.75) is 13.0 Å². The summed E-state index contributed by atoms with van der Waals surface area (Å²) in [7, 11) is 3.20. The van der Waals surface area contributed by atoms with Crippen molar-refractivity contribution in [1.82, 2.24) is 4.90 Å². The molecule has 0 heterocycles. The zero-order valence-corrected chi connectivity index (χ0v) is 11.6. The second kappa shape index (κ2) is 6.12. The van der Waals surface area contributed by atoms with Crippen LogP contribution < -0.4 is 0 Å². The number of ether oxygens (including phenoxy) is 1. The molecule has 0 N–H and O–H groups in total. The van der Waals surface area contributed by atoms with E-state index < -0.39 is 5.82 Å². The Bertz CT molecular complexity index is 411. The second-order valence-electron chi connectivity index (χ2n) is 3.82. The van der Waals surface area contributed by atoms with Crippen LogP contribution in [0.3, 0.4) is 0 Å². The van der Waals surface area contributed by atoms with Crippen molar-refractivity contribution >= 4 is 21.8 Å². The minimum atomic E-state index is -0.533. The van der Waals surface area contributed by atoms with Crippen LogP contribution in [0, 0.1) is 5.82 Å². The third-order valence-electron chi connectivity index (χ3n) is 2.57. The first-order valence-electron chi connectivity index (χ1n) is 5.19. The van der Waals surface area contributed by atoms with E-state index in [9.17, 15) is 9.18 Å². The maximum atomic E-state index is 13.7. The maximum absolute atomic E-state index is 13.7. The van der Waals surface area contributed by atoms with Crippen molar-refractivity contribution in [1.29, 1.82) is 0 Å². The lowest BCUT2D eigenvalue weighted by atomic mass is 10.1. The van der Waals surface area contributed by atoms with Crippen LogP contribution in [0.4, 0.5) is 4.39 Å². The molecule has 0 bridgehead atoms. The van der Waals surface area contributed by atoms with Crippen LogP contribution >= 0.6 is 15.9 Å². The molecule has 1 amide bonds. The van der Waals surface area contributed by atoms with Crippen molar-refractivity contribution in [2.24, 2.45) is 0 Å². The van der Waals surface area contributed by atoms with Crippen molar-refractivity contribution in [3.63, 3.8) is 0 Å². The number of rotatable bonds is 4. The number of amides is 1. The number of hydrogen-bond acceptors (Lipinski definition) is 2. The van der Waals surface area contributed by atoms with Crippen LogP contribution in [0.2, 0.25) is 0 Å². The van der Waals surface area contributed by atoms with E-state index in [0.717, 1.165) is 0 Å². The van der Waals surface area contributed by atoms with E-state index in [1.165, 1.54) is 11.0 Å². The molecule has 0 aliphatic rings. The molecular formula is C12H15BrFNO2. The third kappa shape index (κ3) is 3.26. The smallest absolute Gasteiger partial charge is 0.256 e. The Morgan fingerprint density at radius 3 is 2.82 bits per heavy atom. The molecule has 1 atom stereocenters. The lowest BCUT2D eigenvalue weighted by molar-refractivity contribution is 0.0629. The van der Waals surface area contributed by atoms with Gasteiger partial charge in [0.05, 0.1) is 22.7 Å². The Hall–Kier alpha value is -0.940. The molecule has 0 spiro atoms. The lowest BCUT2D eigenvalue weighted by Crippen LogP contribution is -2.38. The van der Waals surface area contributed by atoms with Gasteiger partial charge < -0.3 is 9.64 Å². The monoisotopic (exact) mass is 303 g/mol. The van der Waals surface area contributed by atoms with E-state index in [0.29, 0.717) is 6.61 Å². The van der Waals surface area contributed by atoms with Crippen LogP contribution in [0.25, 0.3) is 0 Å². The van der Waals surface area contributed by atoms with Crippen molar-refractivity contribution in [3.05, 3.63) is 34.1 Å². The van der Waals surface area contributed by atoms with E-state index >= 15 is 0 Å². The molecule has 1 unspecified atom stereocenters. The minimum Gasteiger partial charge on any atom is -0.383 e. The van der Waals surface area contributed by atoms with Gasteiger partial charge in [-0.05, 0) is 35.0 Å². The molecular weight excluding hydrogens is 289 g/mol. The number of benzene rings is 1. The molecule has 1 rings (SSSR count). The van der Waals surface area contributed by atoms with Crippen LogP contribution in [0.1, 0.15) is 17.3 Å². The molecule has 17 heavy (non-hydrogen) atoms. The lowest BCUT2D eigenvalue weighted by Gasteiger charge is -2.24. The molecule has 1 aromatic rings. The molecule has 0 radical (unpaired) electrons. The van der Waals surface area contributed by atoms with Gasteiger partial charge in [0.1, 0.15) is 5.82 Å². The fourth-order valence-electron chi connectivity index (χ4n) is 1.41. The van der Waals surface area contributed by atoms with Crippen molar-refractivity contribution in [3.8, 4) is 0 Å². The number of methoxy groups -OCH3 is 1. The van der Waals surface area contributed by atoms with Gasteiger partial charge in [0.2, 0.25) is 0 Å². The second-order valence-corrected chi connectivity index (χ2v) is 4.68. The van der Waals surface area contributed by atoms with Gasteiger partial charge in [-0.15, -0.1) is 0 Å². The topological polar surface area (TPSA) is 29.5 Å². The van der Waals surface area contributed by atoms with Crippen LogP contribution in [0.5, 0.6) is 0 Å². The Morgan fingerprint density at radius 2 is 2.24 bits per heavy atom. The van der Waals surface area contributed by atoms with E-state index in [2.05, 4.69) is 15.9 Å². The largest absolute Gasteiger partial charge is 0.383 e. The summed E-state index contributed by atoms with van der Waals surface area (Å²) >= 11 is 3.06. The van der Waals surface area contributed by atoms with Crippen LogP contribution in [0.15, 0.2) is 22.7 Å². The van der Waals surface area contributed by atoms with Crippen molar-refractivity contribution in [2.75, 3.05) is 20.8 Å². The summed E-state index contributed by atoms with van der Waals surface area (Å²) in [5, 5.41) is 0.